The van der Waals surface area contributed by atoms with Gasteiger partial charge in [0.2, 0.25) is 0 Å². The van der Waals surface area contributed by atoms with Gasteiger partial charge in [-0.2, -0.15) is 0 Å². The van der Waals surface area contributed by atoms with Gasteiger partial charge in [0.1, 0.15) is 18.0 Å². The van der Waals surface area contributed by atoms with Gasteiger partial charge in [-0.1, -0.05) is 54.6 Å². The smallest absolute Gasteiger partial charge is 0.410 e. The van der Waals surface area contributed by atoms with Crippen LogP contribution >= 0.6 is 0 Å². The van der Waals surface area contributed by atoms with Gasteiger partial charge in [-0.3, -0.25) is 0 Å². The third-order valence-corrected chi connectivity index (χ3v) is 7.31. The molecule has 41 heavy (non-hydrogen) atoms. The van der Waals surface area contributed by atoms with Gasteiger partial charge in [0.05, 0.1) is 12.7 Å². The Morgan fingerprint density at radius 1 is 1.02 bits per heavy atom. The van der Waals surface area contributed by atoms with Crippen molar-refractivity contribution in [1.82, 2.24) is 9.80 Å². The van der Waals surface area contributed by atoms with Crippen LogP contribution in [0.1, 0.15) is 56.0 Å². The van der Waals surface area contributed by atoms with Crippen LogP contribution in [-0.2, 0) is 9.47 Å². The third-order valence-electron chi connectivity index (χ3n) is 7.31. The number of amides is 1. The van der Waals surface area contributed by atoms with E-state index in [-0.39, 0.29) is 18.7 Å². The third kappa shape index (κ3) is 8.57. The minimum absolute atomic E-state index is 0.287. The molecule has 7 nitrogen and oxygen atoms in total. The average Bonchev–Trinajstić information content (AvgIpc) is 3.37. The molecule has 1 aliphatic heterocycles. The Hall–Kier alpha value is -3.84. The fraction of sp³-hybridized carbons (Fsp3) is 0.412. The second-order valence-electron chi connectivity index (χ2n) is 11.6. The molecular formula is C34H42N2O5. The Morgan fingerprint density at radius 3 is 2.44 bits per heavy atom. The minimum atomic E-state index is -0.605. The topological polar surface area (TPSA) is 68.3 Å². The maximum absolute atomic E-state index is 13.4. The summed E-state index contributed by atoms with van der Waals surface area (Å²) in [6.45, 7) is 7.97. The Labute approximate surface area is 243 Å². The number of esters is 1. The van der Waals surface area contributed by atoms with E-state index in [1.54, 1.807) is 17.0 Å². The largest absolute Gasteiger partial charge is 0.489 e. The van der Waals surface area contributed by atoms with Crippen molar-refractivity contribution in [3.8, 4) is 5.75 Å². The zero-order valence-corrected chi connectivity index (χ0v) is 24.9. The van der Waals surface area contributed by atoms with Crippen LogP contribution in [-0.4, -0.2) is 73.9 Å². The molecule has 0 aromatic heterocycles. The number of carbonyl (C=O) groups excluding carboxylic acids is 2. The van der Waals surface area contributed by atoms with E-state index >= 15 is 0 Å². The van der Waals surface area contributed by atoms with E-state index in [0.717, 1.165) is 47.0 Å². The van der Waals surface area contributed by atoms with Crippen molar-refractivity contribution in [2.24, 2.45) is 0 Å². The van der Waals surface area contributed by atoms with Crippen molar-refractivity contribution in [3.63, 3.8) is 0 Å². The van der Waals surface area contributed by atoms with Gasteiger partial charge < -0.3 is 24.0 Å². The standard InChI is InChI=1S/C34H42N2O5/c1-34(2,3)41-33(38)36(21-19-29-12-9-20-35(29)4)23-26(22-25-15-17-28(18-16-25)32(37)39-5)24-40-31-14-8-11-27-10-6-7-13-30(27)31/h6-8,10-11,13-18,22,29H,9,12,19-21,23-24H2,1-5H3. The minimum Gasteiger partial charge on any atom is -0.489 e. The molecule has 1 aliphatic rings. The number of hydrogen-bond acceptors (Lipinski definition) is 6. The number of rotatable bonds is 10. The van der Waals surface area contributed by atoms with Crippen molar-refractivity contribution in [2.75, 3.05) is 40.4 Å². The van der Waals surface area contributed by atoms with Crippen LogP contribution in [0.15, 0.2) is 72.3 Å². The van der Waals surface area contributed by atoms with Crippen molar-refractivity contribution in [1.29, 1.82) is 0 Å². The summed E-state index contributed by atoms with van der Waals surface area (Å²) in [4.78, 5) is 29.5. The van der Waals surface area contributed by atoms with Gasteiger partial charge in [-0.25, -0.2) is 9.59 Å². The number of nitrogens with zero attached hydrogens (tertiary/aromatic N) is 2. The Morgan fingerprint density at radius 2 is 1.76 bits per heavy atom. The number of fused-ring (bicyclic) bond motifs is 1. The van der Waals surface area contributed by atoms with Gasteiger partial charge in [-0.05, 0) is 88.3 Å². The molecule has 0 saturated carbocycles. The second-order valence-corrected chi connectivity index (χ2v) is 11.6. The summed E-state index contributed by atoms with van der Waals surface area (Å²) in [5, 5.41) is 2.13. The highest BCUT2D eigenvalue weighted by Gasteiger charge is 2.26. The van der Waals surface area contributed by atoms with Gasteiger partial charge in [-0.15, -0.1) is 0 Å². The molecule has 1 fully saturated rings. The van der Waals surface area contributed by atoms with Crippen LogP contribution in [0.5, 0.6) is 5.75 Å². The van der Waals surface area contributed by atoms with Gasteiger partial charge >= 0.3 is 12.1 Å². The summed E-state index contributed by atoms with van der Waals surface area (Å²) < 4.78 is 17.0. The molecule has 0 radical (unpaired) electrons. The van der Waals surface area contributed by atoms with E-state index < -0.39 is 5.60 Å². The van der Waals surface area contributed by atoms with Crippen molar-refractivity contribution >= 4 is 28.9 Å². The first kappa shape index (κ1) is 30.1. The van der Waals surface area contributed by atoms with Crippen molar-refractivity contribution < 1.29 is 23.8 Å². The summed E-state index contributed by atoms with van der Waals surface area (Å²) in [7, 11) is 3.52. The van der Waals surface area contributed by atoms with Crippen LogP contribution in [0.4, 0.5) is 4.79 Å². The predicted molar refractivity (Wildman–Crippen MR) is 163 cm³/mol. The Kier molecular flexibility index (Phi) is 10.1. The quantitative estimate of drug-likeness (QED) is 0.255. The van der Waals surface area contributed by atoms with Crippen molar-refractivity contribution in [3.05, 3.63) is 83.4 Å². The zero-order valence-electron chi connectivity index (χ0n) is 24.9. The van der Waals surface area contributed by atoms with E-state index in [2.05, 4.69) is 24.1 Å². The highest BCUT2D eigenvalue weighted by molar-refractivity contribution is 5.89. The lowest BCUT2D eigenvalue weighted by Gasteiger charge is -2.30. The van der Waals surface area contributed by atoms with Crippen LogP contribution < -0.4 is 4.74 Å². The number of carbonyl (C=O) groups is 2. The van der Waals surface area contributed by atoms with E-state index in [1.165, 1.54) is 13.5 Å². The fourth-order valence-electron chi connectivity index (χ4n) is 5.15. The molecule has 1 amide bonds. The molecule has 0 aliphatic carbocycles. The first-order valence-corrected chi connectivity index (χ1v) is 14.3. The molecule has 1 atom stereocenters. The van der Waals surface area contributed by atoms with Crippen LogP contribution in [0.2, 0.25) is 0 Å². The van der Waals surface area contributed by atoms with Crippen LogP contribution in [0.3, 0.4) is 0 Å². The zero-order chi connectivity index (χ0) is 29.4. The molecule has 3 aromatic rings. The summed E-state index contributed by atoms with van der Waals surface area (Å²) in [5.74, 6) is 0.402. The molecule has 0 spiro atoms. The van der Waals surface area contributed by atoms with E-state index in [1.807, 2.05) is 69.3 Å². The molecule has 3 aromatic carbocycles. The highest BCUT2D eigenvalue weighted by atomic mass is 16.6. The fourth-order valence-corrected chi connectivity index (χ4v) is 5.15. The van der Waals surface area contributed by atoms with Gasteiger partial charge in [0.15, 0.2) is 0 Å². The Bertz CT molecular complexity index is 1350. The molecule has 1 heterocycles. The normalized spacial score (nSPS) is 16.0. The van der Waals surface area contributed by atoms with Crippen LogP contribution in [0, 0.1) is 0 Å². The lowest BCUT2D eigenvalue weighted by Crippen LogP contribution is -2.41. The van der Waals surface area contributed by atoms with Crippen LogP contribution in [0.25, 0.3) is 16.8 Å². The SMILES string of the molecule is COC(=O)c1ccc(C=C(COc2cccc3ccccc23)CN(CCC2CCCN2C)C(=O)OC(C)(C)C)cc1. The molecule has 1 saturated heterocycles. The van der Waals surface area contributed by atoms with E-state index in [0.29, 0.717) is 24.7 Å². The monoisotopic (exact) mass is 558 g/mol. The summed E-state index contributed by atoms with van der Waals surface area (Å²) in [6.07, 6.45) is 4.87. The molecule has 1 unspecified atom stereocenters. The molecule has 0 bridgehead atoms. The molecule has 4 rings (SSSR count). The number of benzene rings is 3. The van der Waals surface area contributed by atoms with E-state index in [9.17, 15) is 9.59 Å². The number of likely N-dealkylation sites (tertiary alicyclic amines) is 1. The molecule has 7 heteroatoms. The van der Waals surface area contributed by atoms with E-state index in [4.69, 9.17) is 14.2 Å². The number of hydrogen-bond donors (Lipinski definition) is 0. The number of methoxy groups -OCH3 is 1. The maximum Gasteiger partial charge on any atom is 0.410 e. The molecule has 0 N–H and O–H groups in total. The first-order chi connectivity index (χ1) is 19.6. The summed E-state index contributed by atoms with van der Waals surface area (Å²) >= 11 is 0. The lowest BCUT2D eigenvalue weighted by molar-refractivity contribution is 0.0252. The molecule has 218 valence electrons. The van der Waals surface area contributed by atoms with Crippen molar-refractivity contribution in [2.45, 2.75) is 51.7 Å². The van der Waals surface area contributed by atoms with Gasteiger partial charge in [0.25, 0.3) is 0 Å². The first-order valence-electron chi connectivity index (χ1n) is 14.3. The molecular weight excluding hydrogens is 516 g/mol. The highest BCUT2D eigenvalue weighted by Crippen LogP contribution is 2.26. The maximum atomic E-state index is 13.4. The number of ether oxygens (including phenoxy) is 3. The second kappa shape index (κ2) is 13.7. The summed E-state index contributed by atoms with van der Waals surface area (Å²) in [5.41, 5.74) is 1.68. The average molecular weight is 559 g/mol. The lowest BCUT2D eigenvalue weighted by atomic mass is 10.1. The predicted octanol–water partition coefficient (Wildman–Crippen LogP) is 6.81. The Balaban J connectivity index is 1.61. The van der Waals surface area contributed by atoms with Gasteiger partial charge in [0, 0.05) is 24.5 Å². The summed E-state index contributed by atoms with van der Waals surface area (Å²) in [6, 6.07) is 21.8.